The largest absolute Gasteiger partial charge is 0.279 e. The standard InChI is InChI=1S/C22H20ClN3O4S/c1-14-11-12-15(2)20(13-14)31(29,30)26-19-10-6-4-8-17(19)22(28)25-24-21(27)16-7-3-5-9-18(16)23/h3-13,26H,1-2H3,(H,24,27)(H,25,28). The van der Waals surface area contributed by atoms with Crippen molar-refractivity contribution in [2.45, 2.75) is 18.7 Å². The molecule has 9 heteroatoms. The van der Waals surface area contributed by atoms with Crippen LogP contribution >= 0.6 is 11.6 Å². The van der Waals surface area contributed by atoms with E-state index in [4.69, 9.17) is 11.6 Å². The summed E-state index contributed by atoms with van der Waals surface area (Å²) in [6.45, 7) is 3.48. The highest BCUT2D eigenvalue weighted by atomic mass is 35.5. The maximum atomic E-state index is 12.9. The maximum Gasteiger partial charge on any atom is 0.271 e. The number of sulfonamides is 1. The molecule has 160 valence electrons. The molecule has 0 aromatic heterocycles. The Morgan fingerprint density at radius 2 is 1.39 bits per heavy atom. The lowest BCUT2D eigenvalue weighted by Crippen LogP contribution is -2.42. The number of hydrazine groups is 1. The Labute approximate surface area is 185 Å². The molecule has 3 rings (SSSR count). The summed E-state index contributed by atoms with van der Waals surface area (Å²) in [7, 11) is -3.94. The minimum atomic E-state index is -3.94. The average molecular weight is 458 g/mol. The summed E-state index contributed by atoms with van der Waals surface area (Å²) in [6, 6.07) is 17.6. The van der Waals surface area contributed by atoms with E-state index in [0.29, 0.717) is 5.56 Å². The van der Waals surface area contributed by atoms with Gasteiger partial charge in [0, 0.05) is 0 Å². The zero-order chi connectivity index (χ0) is 22.6. The Hall–Kier alpha value is -3.36. The highest BCUT2D eigenvalue weighted by molar-refractivity contribution is 7.92. The van der Waals surface area contributed by atoms with Gasteiger partial charge in [0.25, 0.3) is 21.8 Å². The fourth-order valence-corrected chi connectivity index (χ4v) is 4.49. The Balaban J connectivity index is 1.80. The van der Waals surface area contributed by atoms with Crippen LogP contribution < -0.4 is 15.6 Å². The molecule has 7 nitrogen and oxygen atoms in total. The summed E-state index contributed by atoms with van der Waals surface area (Å²) in [5.41, 5.74) is 6.22. The molecule has 0 heterocycles. The topological polar surface area (TPSA) is 104 Å². The summed E-state index contributed by atoms with van der Waals surface area (Å²) in [5, 5.41) is 0.232. The fourth-order valence-electron chi connectivity index (χ4n) is 2.86. The smallest absolute Gasteiger partial charge is 0.271 e. The minimum Gasteiger partial charge on any atom is -0.279 e. The van der Waals surface area contributed by atoms with Crippen LogP contribution in [-0.2, 0) is 10.0 Å². The van der Waals surface area contributed by atoms with Gasteiger partial charge in [-0.25, -0.2) is 8.42 Å². The van der Waals surface area contributed by atoms with Gasteiger partial charge in [0.15, 0.2) is 0 Å². The van der Waals surface area contributed by atoms with E-state index in [1.54, 1.807) is 56.3 Å². The molecule has 0 aliphatic carbocycles. The highest BCUT2D eigenvalue weighted by Gasteiger charge is 2.21. The minimum absolute atomic E-state index is 0.0378. The summed E-state index contributed by atoms with van der Waals surface area (Å²) in [4.78, 5) is 25.0. The molecule has 0 atom stereocenters. The number of rotatable bonds is 5. The second kappa shape index (κ2) is 9.20. The number of hydrogen-bond acceptors (Lipinski definition) is 4. The van der Waals surface area contributed by atoms with E-state index < -0.39 is 21.8 Å². The van der Waals surface area contributed by atoms with Crippen molar-refractivity contribution in [2.24, 2.45) is 0 Å². The van der Waals surface area contributed by atoms with Crippen LogP contribution in [0.15, 0.2) is 71.6 Å². The third-order valence-corrected chi connectivity index (χ3v) is 6.29. The summed E-state index contributed by atoms with van der Waals surface area (Å²) in [5.74, 6) is -1.30. The van der Waals surface area contributed by atoms with E-state index in [-0.39, 0.29) is 26.7 Å². The number of benzene rings is 3. The maximum absolute atomic E-state index is 12.9. The molecule has 0 fully saturated rings. The number of halogens is 1. The first-order chi connectivity index (χ1) is 14.7. The predicted molar refractivity (Wildman–Crippen MR) is 120 cm³/mol. The molecule has 3 N–H and O–H groups in total. The van der Waals surface area contributed by atoms with Crippen molar-refractivity contribution >= 4 is 39.1 Å². The molecule has 3 aromatic carbocycles. The highest BCUT2D eigenvalue weighted by Crippen LogP contribution is 2.23. The molecule has 0 saturated carbocycles. The quantitative estimate of drug-likeness (QED) is 0.506. The van der Waals surface area contributed by atoms with Crippen molar-refractivity contribution in [3.63, 3.8) is 0 Å². The average Bonchev–Trinajstić information content (AvgIpc) is 2.74. The molecular formula is C22H20ClN3O4S. The molecule has 0 saturated heterocycles. The van der Waals surface area contributed by atoms with Crippen molar-refractivity contribution in [2.75, 3.05) is 4.72 Å². The summed E-state index contributed by atoms with van der Waals surface area (Å²) < 4.78 is 28.3. The van der Waals surface area contributed by atoms with E-state index >= 15 is 0 Å². The SMILES string of the molecule is Cc1ccc(C)c(S(=O)(=O)Nc2ccccc2C(=O)NNC(=O)c2ccccc2Cl)c1. The lowest BCUT2D eigenvalue weighted by atomic mass is 10.2. The van der Waals surface area contributed by atoms with Gasteiger partial charge in [0.1, 0.15) is 0 Å². The molecule has 2 amide bonds. The van der Waals surface area contributed by atoms with Crippen LogP contribution in [0, 0.1) is 13.8 Å². The third kappa shape index (κ3) is 5.22. The van der Waals surface area contributed by atoms with Crippen LogP contribution in [-0.4, -0.2) is 20.2 Å². The van der Waals surface area contributed by atoms with E-state index in [2.05, 4.69) is 15.6 Å². The van der Waals surface area contributed by atoms with Gasteiger partial charge in [-0.3, -0.25) is 25.2 Å². The van der Waals surface area contributed by atoms with Crippen LogP contribution in [0.3, 0.4) is 0 Å². The predicted octanol–water partition coefficient (Wildman–Crippen LogP) is 3.83. The van der Waals surface area contributed by atoms with Gasteiger partial charge < -0.3 is 0 Å². The van der Waals surface area contributed by atoms with Crippen LogP contribution in [0.2, 0.25) is 5.02 Å². The lowest BCUT2D eigenvalue weighted by Gasteiger charge is -2.15. The van der Waals surface area contributed by atoms with Gasteiger partial charge >= 0.3 is 0 Å². The third-order valence-electron chi connectivity index (χ3n) is 4.46. The van der Waals surface area contributed by atoms with Crippen molar-refractivity contribution < 1.29 is 18.0 Å². The number of hydrogen-bond donors (Lipinski definition) is 3. The van der Waals surface area contributed by atoms with Crippen molar-refractivity contribution in [3.8, 4) is 0 Å². The molecule has 0 radical (unpaired) electrons. The number of carbonyl (C=O) groups is 2. The van der Waals surface area contributed by atoms with E-state index in [1.165, 1.54) is 18.2 Å². The second-order valence-corrected chi connectivity index (χ2v) is 8.87. The number of para-hydroxylation sites is 1. The molecule has 0 unspecified atom stereocenters. The van der Waals surface area contributed by atoms with Gasteiger partial charge in [-0.1, -0.05) is 48.0 Å². The van der Waals surface area contributed by atoms with Crippen molar-refractivity contribution in [1.29, 1.82) is 0 Å². The molecule has 0 aliphatic heterocycles. The number of nitrogens with one attached hydrogen (secondary N) is 3. The zero-order valence-corrected chi connectivity index (χ0v) is 18.3. The lowest BCUT2D eigenvalue weighted by molar-refractivity contribution is 0.0847. The fraction of sp³-hybridized carbons (Fsp3) is 0.0909. The number of aryl methyl sites for hydroxylation is 2. The summed E-state index contributed by atoms with van der Waals surface area (Å²) >= 11 is 5.98. The van der Waals surface area contributed by atoms with E-state index in [9.17, 15) is 18.0 Å². The Morgan fingerprint density at radius 3 is 2.06 bits per heavy atom. The van der Waals surface area contributed by atoms with Gasteiger partial charge in [-0.05, 0) is 55.3 Å². The molecule has 3 aromatic rings. The number of anilines is 1. The van der Waals surface area contributed by atoms with Crippen LogP contribution in [0.4, 0.5) is 5.69 Å². The van der Waals surface area contributed by atoms with Crippen LogP contribution in [0.1, 0.15) is 31.8 Å². The van der Waals surface area contributed by atoms with E-state index in [1.807, 2.05) is 6.07 Å². The molecular weight excluding hydrogens is 438 g/mol. The molecule has 0 aliphatic rings. The second-order valence-electron chi connectivity index (χ2n) is 6.81. The normalized spacial score (nSPS) is 10.9. The Morgan fingerprint density at radius 1 is 0.806 bits per heavy atom. The zero-order valence-electron chi connectivity index (χ0n) is 16.8. The first-order valence-electron chi connectivity index (χ1n) is 9.23. The monoisotopic (exact) mass is 457 g/mol. The van der Waals surface area contributed by atoms with Gasteiger partial charge in [0.2, 0.25) is 0 Å². The Bertz CT molecular complexity index is 1260. The van der Waals surface area contributed by atoms with Crippen molar-refractivity contribution in [1.82, 2.24) is 10.9 Å². The van der Waals surface area contributed by atoms with E-state index in [0.717, 1.165) is 5.56 Å². The molecule has 0 bridgehead atoms. The first-order valence-corrected chi connectivity index (χ1v) is 11.1. The number of amides is 2. The number of carbonyl (C=O) groups excluding carboxylic acids is 2. The molecule has 31 heavy (non-hydrogen) atoms. The van der Waals surface area contributed by atoms with Crippen molar-refractivity contribution in [3.05, 3.63) is 94.0 Å². The summed E-state index contributed by atoms with van der Waals surface area (Å²) in [6.07, 6.45) is 0. The van der Waals surface area contributed by atoms with Gasteiger partial charge in [-0.2, -0.15) is 0 Å². The first kappa shape index (κ1) is 22.3. The Kier molecular flexibility index (Phi) is 6.62. The van der Waals surface area contributed by atoms with Crippen LogP contribution in [0.25, 0.3) is 0 Å². The van der Waals surface area contributed by atoms with Crippen LogP contribution in [0.5, 0.6) is 0 Å². The van der Waals surface area contributed by atoms with Gasteiger partial charge in [-0.15, -0.1) is 0 Å². The molecule has 0 spiro atoms. The van der Waals surface area contributed by atoms with Gasteiger partial charge in [0.05, 0.1) is 26.7 Å².